The Balaban J connectivity index is 1.79. The predicted octanol–water partition coefficient (Wildman–Crippen LogP) is 3.40. The predicted molar refractivity (Wildman–Crippen MR) is 77.8 cm³/mol. The van der Waals surface area contributed by atoms with Crippen LogP contribution in [0.25, 0.3) is 4.96 Å². The molecule has 5 heteroatoms. The number of imidazole rings is 1. The lowest BCUT2D eigenvalue weighted by atomic mass is 10.0. The molecule has 2 heterocycles. The minimum absolute atomic E-state index is 0.0114. The molecule has 2 aromatic heterocycles. The molecule has 0 aliphatic rings. The molecule has 3 rings (SSSR count). The fourth-order valence-electron chi connectivity index (χ4n) is 1.93. The van der Waals surface area contributed by atoms with E-state index in [-0.39, 0.29) is 6.04 Å². The highest BCUT2D eigenvalue weighted by Crippen LogP contribution is 2.19. The van der Waals surface area contributed by atoms with Crippen molar-refractivity contribution in [1.82, 2.24) is 9.38 Å². The second kappa shape index (κ2) is 4.84. The van der Waals surface area contributed by atoms with Crippen LogP contribution >= 0.6 is 27.3 Å². The monoisotopic (exact) mass is 321 g/mol. The summed E-state index contributed by atoms with van der Waals surface area (Å²) < 4.78 is 3.11. The summed E-state index contributed by atoms with van der Waals surface area (Å²) in [7, 11) is 0. The molecule has 18 heavy (non-hydrogen) atoms. The summed E-state index contributed by atoms with van der Waals surface area (Å²) in [5.74, 6) is 0. The minimum Gasteiger partial charge on any atom is -0.324 e. The van der Waals surface area contributed by atoms with Gasteiger partial charge in [-0.1, -0.05) is 28.1 Å². The number of hydrogen-bond acceptors (Lipinski definition) is 3. The Hall–Kier alpha value is -1.17. The molecular formula is C13H12BrN3S. The van der Waals surface area contributed by atoms with Crippen LogP contribution in [0.5, 0.6) is 0 Å². The number of halogens is 1. The Morgan fingerprint density at radius 3 is 2.83 bits per heavy atom. The van der Waals surface area contributed by atoms with Crippen LogP contribution in [-0.4, -0.2) is 9.38 Å². The van der Waals surface area contributed by atoms with E-state index in [1.54, 1.807) is 11.3 Å². The van der Waals surface area contributed by atoms with Crippen molar-refractivity contribution in [3.8, 4) is 0 Å². The number of benzene rings is 1. The maximum absolute atomic E-state index is 6.21. The molecule has 0 radical (unpaired) electrons. The van der Waals surface area contributed by atoms with E-state index in [0.717, 1.165) is 27.1 Å². The van der Waals surface area contributed by atoms with E-state index in [0.29, 0.717) is 0 Å². The lowest BCUT2D eigenvalue weighted by Gasteiger charge is -2.10. The third-order valence-electron chi connectivity index (χ3n) is 2.87. The first-order valence-electron chi connectivity index (χ1n) is 5.64. The van der Waals surface area contributed by atoms with Crippen LogP contribution < -0.4 is 5.73 Å². The summed E-state index contributed by atoms with van der Waals surface area (Å²) in [4.78, 5) is 5.57. The highest BCUT2D eigenvalue weighted by molar-refractivity contribution is 9.10. The topological polar surface area (TPSA) is 43.3 Å². The van der Waals surface area contributed by atoms with Crippen molar-refractivity contribution in [3.05, 3.63) is 57.8 Å². The smallest absolute Gasteiger partial charge is 0.193 e. The van der Waals surface area contributed by atoms with E-state index in [4.69, 9.17) is 5.73 Å². The number of rotatable bonds is 3. The Labute approximate surface area is 117 Å². The molecule has 0 amide bonds. The maximum atomic E-state index is 6.21. The molecule has 0 aliphatic carbocycles. The highest BCUT2D eigenvalue weighted by Gasteiger charge is 2.10. The molecule has 0 saturated carbocycles. The zero-order valence-corrected chi connectivity index (χ0v) is 12.0. The molecule has 0 spiro atoms. The van der Waals surface area contributed by atoms with Crippen molar-refractivity contribution in [2.75, 3.05) is 0 Å². The Morgan fingerprint density at radius 2 is 2.11 bits per heavy atom. The van der Waals surface area contributed by atoms with Crippen molar-refractivity contribution >= 4 is 32.2 Å². The van der Waals surface area contributed by atoms with Gasteiger partial charge in [0.25, 0.3) is 0 Å². The van der Waals surface area contributed by atoms with Gasteiger partial charge in [-0.2, -0.15) is 0 Å². The first kappa shape index (κ1) is 11.9. The van der Waals surface area contributed by atoms with Crippen LogP contribution in [0.1, 0.15) is 17.3 Å². The molecule has 1 aromatic carbocycles. The van der Waals surface area contributed by atoms with Crippen LogP contribution in [0, 0.1) is 0 Å². The quantitative estimate of drug-likeness (QED) is 0.803. The lowest BCUT2D eigenvalue weighted by molar-refractivity contribution is 0.710. The van der Waals surface area contributed by atoms with Crippen molar-refractivity contribution in [2.24, 2.45) is 5.73 Å². The molecule has 3 nitrogen and oxygen atoms in total. The summed E-state index contributed by atoms with van der Waals surface area (Å²) in [5, 5.41) is 2.03. The maximum Gasteiger partial charge on any atom is 0.193 e. The molecule has 1 atom stereocenters. The zero-order valence-electron chi connectivity index (χ0n) is 9.58. The Bertz CT molecular complexity index is 628. The van der Waals surface area contributed by atoms with Crippen LogP contribution in [0.3, 0.4) is 0 Å². The van der Waals surface area contributed by atoms with Gasteiger partial charge in [-0.05, 0) is 17.7 Å². The number of fused-ring (bicyclic) bond motifs is 1. The van der Waals surface area contributed by atoms with Gasteiger partial charge in [0, 0.05) is 34.7 Å². The first-order valence-corrected chi connectivity index (χ1v) is 7.32. The van der Waals surface area contributed by atoms with Gasteiger partial charge in [-0.25, -0.2) is 4.98 Å². The van der Waals surface area contributed by atoms with Gasteiger partial charge in [0.05, 0.1) is 5.69 Å². The van der Waals surface area contributed by atoms with Gasteiger partial charge < -0.3 is 5.73 Å². The highest BCUT2D eigenvalue weighted by atomic mass is 79.9. The largest absolute Gasteiger partial charge is 0.324 e. The van der Waals surface area contributed by atoms with Gasteiger partial charge in [0.2, 0.25) is 0 Å². The number of hydrogen-bond donors (Lipinski definition) is 1. The van der Waals surface area contributed by atoms with E-state index >= 15 is 0 Å². The Kier molecular flexibility index (Phi) is 3.20. The summed E-state index contributed by atoms with van der Waals surface area (Å²) in [6.07, 6.45) is 4.82. The second-order valence-electron chi connectivity index (χ2n) is 4.19. The fraction of sp³-hybridized carbons (Fsp3) is 0.154. The summed E-state index contributed by atoms with van der Waals surface area (Å²) in [6.45, 7) is 0. The average molecular weight is 322 g/mol. The van der Waals surface area contributed by atoms with E-state index in [1.165, 1.54) is 0 Å². The number of thiazole rings is 1. The normalized spacial score (nSPS) is 13.0. The number of nitrogens with zero attached hydrogens (tertiary/aromatic N) is 2. The number of nitrogens with two attached hydrogens (primary N) is 1. The molecule has 0 saturated heterocycles. The van der Waals surface area contributed by atoms with Crippen molar-refractivity contribution in [2.45, 2.75) is 12.5 Å². The third-order valence-corrected chi connectivity index (χ3v) is 4.17. The zero-order chi connectivity index (χ0) is 12.5. The first-order chi connectivity index (χ1) is 8.72. The van der Waals surface area contributed by atoms with Gasteiger partial charge in [-0.3, -0.25) is 4.40 Å². The van der Waals surface area contributed by atoms with Crippen LogP contribution in [0.2, 0.25) is 0 Å². The van der Waals surface area contributed by atoms with E-state index in [9.17, 15) is 0 Å². The SMILES string of the molecule is NC(Cc1cn2ccsc2n1)c1ccc(Br)cc1. The van der Waals surface area contributed by atoms with Crippen molar-refractivity contribution in [1.29, 1.82) is 0 Å². The van der Waals surface area contributed by atoms with Crippen molar-refractivity contribution in [3.63, 3.8) is 0 Å². The third kappa shape index (κ3) is 2.34. The fourth-order valence-corrected chi connectivity index (χ4v) is 2.91. The Morgan fingerprint density at radius 1 is 1.33 bits per heavy atom. The molecule has 92 valence electrons. The van der Waals surface area contributed by atoms with Crippen molar-refractivity contribution < 1.29 is 0 Å². The molecule has 2 N–H and O–H groups in total. The van der Waals surface area contributed by atoms with Crippen LogP contribution in [0.15, 0.2) is 46.5 Å². The second-order valence-corrected chi connectivity index (χ2v) is 5.98. The van der Waals surface area contributed by atoms with E-state index in [2.05, 4.69) is 20.9 Å². The van der Waals surface area contributed by atoms with Crippen LogP contribution in [-0.2, 0) is 6.42 Å². The minimum atomic E-state index is -0.0114. The molecule has 0 bridgehead atoms. The van der Waals surface area contributed by atoms with Gasteiger partial charge in [-0.15, -0.1) is 11.3 Å². The molecule has 1 unspecified atom stereocenters. The van der Waals surface area contributed by atoms with E-state index < -0.39 is 0 Å². The molecule has 0 fully saturated rings. The van der Waals surface area contributed by atoms with Crippen LogP contribution in [0.4, 0.5) is 0 Å². The molecule has 0 aliphatic heterocycles. The summed E-state index contributed by atoms with van der Waals surface area (Å²) >= 11 is 5.06. The van der Waals surface area contributed by atoms with Gasteiger partial charge in [0.1, 0.15) is 0 Å². The average Bonchev–Trinajstić information content (AvgIpc) is 2.90. The molecular weight excluding hydrogens is 310 g/mol. The number of aromatic nitrogens is 2. The summed E-state index contributed by atoms with van der Waals surface area (Å²) in [6, 6.07) is 8.12. The van der Waals surface area contributed by atoms with Gasteiger partial charge in [0.15, 0.2) is 4.96 Å². The van der Waals surface area contributed by atoms with Gasteiger partial charge >= 0.3 is 0 Å². The standard InChI is InChI=1S/C13H12BrN3S/c14-10-3-1-9(2-4-10)12(15)7-11-8-17-5-6-18-13(17)16-11/h1-6,8,12H,7,15H2. The lowest BCUT2D eigenvalue weighted by Crippen LogP contribution is -2.13. The summed E-state index contributed by atoms with van der Waals surface area (Å²) in [5.41, 5.74) is 8.38. The van der Waals surface area contributed by atoms with E-state index in [1.807, 2.05) is 46.4 Å². The molecule has 3 aromatic rings.